The lowest BCUT2D eigenvalue weighted by Crippen LogP contribution is -2.31. The quantitative estimate of drug-likeness (QED) is 0.664. The van der Waals surface area contributed by atoms with Gasteiger partial charge in [0.15, 0.2) is 5.17 Å². The third kappa shape index (κ3) is 1.45. The van der Waals surface area contributed by atoms with Crippen LogP contribution in [0.4, 0.5) is 0 Å². The van der Waals surface area contributed by atoms with Gasteiger partial charge in [-0.05, 0) is 19.3 Å². The predicted molar refractivity (Wildman–Crippen MR) is 51.4 cm³/mol. The summed E-state index contributed by atoms with van der Waals surface area (Å²) in [5.74, 6) is 0. The minimum atomic E-state index is 0.430. The molecule has 1 fully saturated rings. The predicted octanol–water partition coefficient (Wildman–Crippen LogP) is 0.984. The van der Waals surface area contributed by atoms with Gasteiger partial charge in [0.1, 0.15) is 0 Å². The van der Waals surface area contributed by atoms with Crippen LogP contribution >= 0.6 is 11.8 Å². The van der Waals surface area contributed by atoms with E-state index in [1.54, 1.807) is 18.9 Å². The van der Waals surface area contributed by atoms with E-state index in [0.717, 1.165) is 24.4 Å². The van der Waals surface area contributed by atoms with Gasteiger partial charge in [-0.15, -0.1) is 0 Å². The molecule has 0 aromatic rings. The highest BCUT2D eigenvalue weighted by Gasteiger charge is 2.35. The van der Waals surface area contributed by atoms with Gasteiger partial charge in [-0.1, -0.05) is 11.8 Å². The summed E-state index contributed by atoms with van der Waals surface area (Å²) in [6, 6.07) is 0.474. The maximum Gasteiger partial charge on any atom is 0.154 e. The van der Waals surface area contributed by atoms with Crippen molar-refractivity contribution in [3.63, 3.8) is 0 Å². The van der Waals surface area contributed by atoms with Crippen LogP contribution in [0, 0.1) is 0 Å². The number of hydrogen-bond donors (Lipinski definition) is 1. The fourth-order valence-electron chi connectivity index (χ4n) is 1.91. The Morgan fingerprint density at radius 3 is 3.17 bits per heavy atom. The lowest BCUT2D eigenvalue weighted by molar-refractivity contribution is 0.0695. The monoisotopic (exact) mass is 186 g/mol. The van der Waals surface area contributed by atoms with Crippen LogP contribution in [0.5, 0.6) is 0 Å². The van der Waals surface area contributed by atoms with Crippen molar-refractivity contribution < 1.29 is 4.74 Å². The summed E-state index contributed by atoms with van der Waals surface area (Å²) in [4.78, 5) is 4.38. The lowest BCUT2D eigenvalue weighted by Gasteiger charge is -2.28. The second-order valence-electron chi connectivity index (χ2n) is 3.36. The van der Waals surface area contributed by atoms with Crippen LogP contribution in [0.25, 0.3) is 0 Å². The van der Waals surface area contributed by atoms with Gasteiger partial charge in [0.05, 0.1) is 12.1 Å². The molecule has 3 atom stereocenters. The number of amidine groups is 1. The second kappa shape index (κ2) is 3.26. The van der Waals surface area contributed by atoms with Crippen molar-refractivity contribution in [3.05, 3.63) is 0 Å². The molecule has 68 valence electrons. The molecular weight excluding hydrogens is 172 g/mol. The summed E-state index contributed by atoms with van der Waals surface area (Å²) in [5.41, 5.74) is 5.65. The molecule has 3 unspecified atom stereocenters. The Balaban J connectivity index is 1.97. The van der Waals surface area contributed by atoms with Crippen LogP contribution in [-0.2, 0) is 4.74 Å². The van der Waals surface area contributed by atoms with Gasteiger partial charge >= 0.3 is 0 Å². The van der Waals surface area contributed by atoms with Gasteiger partial charge in [-0.2, -0.15) is 0 Å². The van der Waals surface area contributed by atoms with Crippen LogP contribution < -0.4 is 5.73 Å². The number of thioether (sulfide) groups is 1. The third-order valence-corrected chi connectivity index (χ3v) is 3.76. The Morgan fingerprint density at radius 1 is 1.58 bits per heavy atom. The Morgan fingerprint density at radius 2 is 2.42 bits per heavy atom. The molecule has 2 rings (SSSR count). The number of nitrogens with two attached hydrogens (primary N) is 1. The number of nitrogens with zero attached hydrogens (tertiary/aromatic N) is 1. The van der Waals surface area contributed by atoms with E-state index in [0.29, 0.717) is 17.4 Å². The van der Waals surface area contributed by atoms with Crippen molar-refractivity contribution in [1.82, 2.24) is 0 Å². The van der Waals surface area contributed by atoms with Crippen molar-refractivity contribution in [1.29, 1.82) is 0 Å². The van der Waals surface area contributed by atoms with Crippen LogP contribution in [0.1, 0.15) is 19.3 Å². The highest BCUT2D eigenvalue weighted by molar-refractivity contribution is 8.14. The van der Waals surface area contributed by atoms with Crippen molar-refractivity contribution in [3.8, 4) is 0 Å². The maximum absolute atomic E-state index is 5.65. The Bertz CT molecular complexity index is 207. The summed E-state index contributed by atoms with van der Waals surface area (Å²) >= 11 is 1.72. The minimum absolute atomic E-state index is 0.430. The zero-order chi connectivity index (χ0) is 8.55. The summed E-state index contributed by atoms with van der Waals surface area (Å²) in [6.07, 6.45) is 3.81. The lowest BCUT2D eigenvalue weighted by atomic mass is 9.93. The summed E-state index contributed by atoms with van der Waals surface area (Å²) < 4.78 is 5.33. The molecule has 1 aliphatic heterocycles. The Labute approximate surface area is 76.8 Å². The molecule has 0 spiro atoms. The second-order valence-corrected chi connectivity index (χ2v) is 4.62. The number of rotatable bonds is 1. The molecule has 0 aromatic heterocycles. The van der Waals surface area contributed by atoms with Gasteiger partial charge in [-0.3, -0.25) is 4.99 Å². The summed E-state index contributed by atoms with van der Waals surface area (Å²) in [5, 5.41) is 1.35. The first-order valence-corrected chi connectivity index (χ1v) is 5.20. The molecule has 2 N–H and O–H groups in total. The molecule has 1 heterocycles. The van der Waals surface area contributed by atoms with Crippen molar-refractivity contribution in [2.24, 2.45) is 10.7 Å². The van der Waals surface area contributed by atoms with Gasteiger partial charge in [-0.25, -0.2) is 0 Å². The SMILES string of the molecule is COC1CCC2N=C(N)SC2C1. The van der Waals surface area contributed by atoms with E-state index in [4.69, 9.17) is 10.5 Å². The highest BCUT2D eigenvalue weighted by atomic mass is 32.2. The van der Waals surface area contributed by atoms with Gasteiger partial charge in [0.25, 0.3) is 0 Å². The largest absolute Gasteiger partial charge is 0.381 e. The van der Waals surface area contributed by atoms with E-state index in [-0.39, 0.29) is 0 Å². The van der Waals surface area contributed by atoms with E-state index < -0.39 is 0 Å². The molecule has 0 amide bonds. The van der Waals surface area contributed by atoms with E-state index in [1.807, 2.05) is 0 Å². The van der Waals surface area contributed by atoms with E-state index >= 15 is 0 Å². The number of aliphatic imine (C=N–C) groups is 1. The molecule has 0 bridgehead atoms. The molecule has 0 saturated heterocycles. The Hall–Kier alpha value is -0.220. The van der Waals surface area contributed by atoms with Crippen LogP contribution in [0.2, 0.25) is 0 Å². The van der Waals surface area contributed by atoms with Crippen molar-refractivity contribution in [2.45, 2.75) is 36.7 Å². The van der Waals surface area contributed by atoms with Gasteiger partial charge in [0.2, 0.25) is 0 Å². The van der Waals surface area contributed by atoms with Crippen molar-refractivity contribution >= 4 is 16.9 Å². The average Bonchev–Trinajstić information content (AvgIpc) is 2.43. The first kappa shape index (κ1) is 8.38. The zero-order valence-corrected chi connectivity index (χ0v) is 8.01. The van der Waals surface area contributed by atoms with Crippen LogP contribution in [0.3, 0.4) is 0 Å². The molecule has 12 heavy (non-hydrogen) atoms. The van der Waals surface area contributed by atoms with Crippen LogP contribution in [0.15, 0.2) is 4.99 Å². The van der Waals surface area contributed by atoms with E-state index in [9.17, 15) is 0 Å². The van der Waals surface area contributed by atoms with Crippen molar-refractivity contribution in [2.75, 3.05) is 7.11 Å². The fourth-order valence-corrected chi connectivity index (χ4v) is 3.09. The van der Waals surface area contributed by atoms with Gasteiger partial charge in [0, 0.05) is 12.4 Å². The first-order chi connectivity index (χ1) is 5.79. The summed E-state index contributed by atoms with van der Waals surface area (Å²) in [7, 11) is 1.79. The molecular formula is C8H14N2OS. The molecule has 0 radical (unpaired) electrons. The standard InChI is InChI=1S/C8H14N2OS/c1-11-5-2-3-6-7(4-5)12-8(9)10-6/h5-7H,2-4H2,1H3,(H2,9,10). The third-order valence-electron chi connectivity index (χ3n) is 2.61. The maximum atomic E-state index is 5.65. The molecule has 1 saturated carbocycles. The normalized spacial score (nSPS) is 40.8. The molecule has 4 heteroatoms. The summed E-state index contributed by atoms with van der Waals surface area (Å²) in [6.45, 7) is 0. The molecule has 1 aliphatic carbocycles. The molecule has 0 aromatic carbocycles. The smallest absolute Gasteiger partial charge is 0.154 e. The van der Waals surface area contributed by atoms with E-state index in [1.165, 1.54) is 0 Å². The number of ether oxygens (including phenoxy) is 1. The first-order valence-electron chi connectivity index (χ1n) is 4.32. The average molecular weight is 186 g/mol. The number of hydrogen-bond acceptors (Lipinski definition) is 4. The van der Waals surface area contributed by atoms with Gasteiger partial charge < -0.3 is 10.5 Å². The zero-order valence-electron chi connectivity index (χ0n) is 7.19. The molecule has 3 nitrogen and oxygen atoms in total. The van der Waals surface area contributed by atoms with Crippen LogP contribution in [-0.4, -0.2) is 29.7 Å². The number of fused-ring (bicyclic) bond motifs is 1. The topological polar surface area (TPSA) is 47.6 Å². The highest BCUT2D eigenvalue weighted by Crippen LogP contribution is 2.36. The number of methoxy groups -OCH3 is 1. The molecule has 2 aliphatic rings. The van der Waals surface area contributed by atoms with E-state index in [2.05, 4.69) is 4.99 Å². The Kier molecular flexibility index (Phi) is 2.28. The fraction of sp³-hybridized carbons (Fsp3) is 0.875. The minimum Gasteiger partial charge on any atom is -0.381 e.